The van der Waals surface area contributed by atoms with Crippen molar-refractivity contribution in [3.05, 3.63) is 16.1 Å². The summed E-state index contributed by atoms with van der Waals surface area (Å²) in [4.78, 5) is 6.30. The first-order valence-corrected chi connectivity index (χ1v) is 6.47. The number of hydrazine groups is 1. The lowest BCUT2D eigenvalue weighted by Gasteiger charge is -2.29. The van der Waals surface area contributed by atoms with Gasteiger partial charge in [0.05, 0.1) is 10.0 Å². The van der Waals surface area contributed by atoms with Gasteiger partial charge in [0.2, 0.25) is 0 Å². The average Bonchev–Trinajstić information content (AvgIpc) is 2.31. The molecule has 0 aromatic carbocycles. The molecule has 18 heavy (non-hydrogen) atoms. The molecule has 1 aromatic rings. The van der Waals surface area contributed by atoms with Crippen LogP contribution in [-0.4, -0.2) is 29.3 Å². The smallest absolute Gasteiger partial charge is 0.161 e. The molecule has 0 spiro atoms. The van der Waals surface area contributed by atoms with Crippen molar-refractivity contribution in [1.29, 1.82) is 0 Å². The van der Waals surface area contributed by atoms with E-state index in [4.69, 9.17) is 34.2 Å². The van der Waals surface area contributed by atoms with E-state index in [2.05, 4.69) is 10.4 Å². The van der Waals surface area contributed by atoms with Crippen LogP contribution in [0.4, 0.5) is 11.6 Å². The fourth-order valence-electron chi connectivity index (χ4n) is 1.61. The summed E-state index contributed by atoms with van der Waals surface area (Å²) < 4.78 is 0. The van der Waals surface area contributed by atoms with E-state index in [0.29, 0.717) is 34.6 Å². The molecule has 0 amide bonds. The van der Waals surface area contributed by atoms with Crippen molar-refractivity contribution >= 4 is 34.8 Å². The van der Waals surface area contributed by atoms with Crippen LogP contribution in [0.15, 0.2) is 6.07 Å². The molecule has 0 aliphatic heterocycles. The number of rotatable bonds is 6. The van der Waals surface area contributed by atoms with Gasteiger partial charge in [-0.05, 0) is 26.3 Å². The van der Waals surface area contributed by atoms with Gasteiger partial charge >= 0.3 is 0 Å². The summed E-state index contributed by atoms with van der Waals surface area (Å²) in [6.45, 7) is 4.84. The predicted molar refractivity (Wildman–Crippen MR) is 76.3 cm³/mol. The summed E-state index contributed by atoms with van der Waals surface area (Å²) in [5.74, 6) is 6.34. The van der Waals surface area contributed by atoms with Gasteiger partial charge in [0, 0.05) is 19.2 Å². The predicted octanol–water partition coefficient (Wildman–Crippen LogP) is 2.27. The summed E-state index contributed by atoms with van der Waals surface area (Å²) >= 11 is 12.1. The molecule has 4 N–H and O–H groups in total. The van der Waals surface area contributed by atoms with E-state index >= 15 is 0 Å². The van der Waals surface area contributed by atoms with Crippen LogP contribution in [0.2, 0.25) is 10.0 Å². The minimum Gasteiger partial charge on any atom is -0.396 e. The van der Waals surface area contributed by atoms with Gasteiger partial charge in [-0.25, -0.2) is 10.8 Å². The fourth-order valence-corrected chi connectivity index (χ4v) is 2.13. The van der Waals surface area contributed by atoms with Gasteiger partial charge in [0.1, 0.15) is 5.82 Å². The highest BCUT2D eigenvalue weighted by Crippen LogP contribution is 2.32. The van der Waals surface area contributed by atoms with Gasteiger partial charge < -0.3 is 15.4 Å². The average molecular weight is 293 g/mol. The number of halogens is 2. The molecule has 0 fully saturated rings. The van der Waals surface area contributed by atoms with Crippen molar-refractivity contribution < 1.29 is 5.11 Å². The number of nitrogen functional groups attached to an aromatic ring is 1. The van der Waals surface area contributed by atoms with Crippen LogP contribution >= 0.6 is 23.2 Å². The molecule has 5 nitrogen and oxygen atoms in total. The van der Waals surface area contributed by atoms with Crippen molar-refractivity contribution in [2.75, 3.05) is 23.5 Å². The van der Waals surface area contributed by atoms with E-state index in [1.807, 2.05) is 18.7 Å². The van der Waals surface area contributed by atoms with Gasteiger partial charge in [-0.15, -0.1) is 0 Å². The second-order valence-electron chi connectivity index (χ2n) is 4.13. The van der Waals surface area contributed by atoms with Crippen LogP contribution in [0.1, 0.15) is 20.3 Å². The van der Waals surface area contributed by atoms with Crippen LogP contribution in [0.5, 0.6) is 0 Å². The van der Waals surface area contributed by atoms with Crippen molar-refractivity contribution in [3.8, 4) is 0 Å². The van der Waals surface area contributed by atoms with Gasteiger partial charge in [-0.1, -0.05) is 23.2 Å². The molecule has 0 aliphatic carbocycles. The first kappa shape index (κ1) is 15.3. The van der Waals surface area contributed by atoms with E-state index in [1.54, 1.807) is 6.07 Å². The number of aliphatic hydroxyl groups excluding tert-OH is 1. The maximum atomic E-state index is 8.92. The van der Waals surface area contributed by atoms with E-state index < -0.39 is 0 Å². The zero-order valence-corrected chi connectivity index (χ0v) is 12.0. The van der Waals surface area contributed by atoms with E-state index in [1.165, 1.54) is 0 Å². The Morgan fingerprint density at radius 1 is 1.44 bits per heavy atom. The largest absolute Gasteiger partial charge is 0.396 e. The number of aliphatic hydroxyl groups is 1. The third-order valence-corrected chi connectivity index (χ3v) is 3.07. The zero-order chi connectivity index (χ0) is 13.7. The SMILES string of the molecule is CC(C)N(CCCO)c1nc(NN)c(Cl)cc1Cl. The Labute approximate surface area is 117 Å². The van der Waals surface area contributed by atoms with E-state index in [0.717, 1.165) is 0 Å². The van der Waals surface area contributed by atoms with Crippen molar-refractivity contribution in [2.45, 2.75) is 26.3 Å². The Morgan fingerprint density at radius 2 is 2.11 bits per heavy atom. The maximum absolute atomic E-state index is 8.92. The number of aromatic nitrogens is 1. The maximum Gasteiger partial charge on any atom is 0.161 e. The number of hydrogen-bond donors (Lipinski definition) is 3. The minimum absolute atomic E-state index is 0.121. The third-order valence-electron chi connectivity index (χ3n) is 2.50. The van der Waals surface area contributed by atoms with Gasteiger partial charge in [-0.3, -0.25) is 0 Å². The number of pyridine rings is 1. The Morgan fingerprint density at radius 3 is 2.61 bits per heavy atom. The molecule has 0 radical (unpaired) electrons. The Bertz CT molecular complexity index is 401. The fraction of sp³-hybridized carbons (Fsp3) is 0.545. The Hall–Kier alpha value is -0.750. The Kier molecular flexibility index (Phi) is 5.95. The molecule has 1 rings (SSSR count). The standard InChI is InChI=1S/C11H18Cl2N4O/c1-7(2)17(4-3-5-18)11-9(13)6-8(12)10(15-11)16-14/h6-7,18H,3-5,14H2,1-2H3,(H,15,16). The number of nitrogens with one attached hydrogen (secondary N) is 1. The molecular formula is C11H18Cl2N4O. The normalized spacial score (nSPS) is 10.8. The summed E-state index contributed by atoms with van der Waals surface area (Å²) in [6, 6.07) is 1.81. The number of nitrogens with two attached hydrogens (primary N) is 1. The first-order chi connectivity index (χ1) is 8.51. The van der Waals surface area contributed by atoms with Crippen LogP contribution < -0.4 is 16.2 Å². The lowest BCUT2D eigenvalue weighted by Crippen LogP contribution is -2.33. The second-order valence-corrected chi connectivity index (χ2v) is 4.95. The van der Waals surface area contributed by atoms with Crippen LogP contribution in [0.25, 0.3) is 0 Å². The lowest BCUT2D eigenvalue weighted by atomic mass is 10.2. The van der Waals surface area contributed by atoms with Crippen molar-refractivity contribution in [3.63, 3.8) is 0 Å². The molecule has 1 aromatic heterocycles. The van der Waals surface area contributed by atoms with Gasteiger partial charge in [-0.2, -0.15) is 0 Å². The highest BCUT2D eigenvalue weighted by Gasteiger charge is 2.17. The monoisotopic (exact) mass is 292 g/mol. The minimum atomic E-state index is 0.121. The molecule has 0 saturated heterocycles. The van der Waals surface area contributed by atoms with Crippen molar-refractivity contribution in [1.82, 2.24) is 4.98 Å². The van der Waals surface area contributed by atoms with E-state index in [9.17, 15) is 0 Å². The first-order valence-electron chi connectivity index (χ1n) is 5.71. The lowest BCUT2D eigenvalue weighted by molar-refractivity contribution is 0.288. The summed E-state index contributed by atoms with van der Waals surface area (Å²) in [5.41, 5.74) is 2.44. The number of nitrogens with zero attached hydrogens (tertiary/aromatic N) is 2. The topological polar surface area (TPSA) is 74.4 Å². The number of anilines is 2. The van der Waals surface area contributed by atoms with Crippen molar-refractivity contribution in [2.24, 2.45) is 5.84 Å². The molecule has 0 bridgehead atoms. The molecule has 102 valence electrons. The molecule has 0 aliphatic rings. The van der Waals surface area contributed by atoms with Crippen LogP contribution in [0.3, 0.4) is 0 Å². The number of hydrogen-bond acceptors (Lipinski definition) is 5. The summed E-state index contributed by atoms with van der Waals surface area (Å²) in [7, 11) is 0. The highest BCUT2D eigenvalue weighted by atomic mass is 35.5. The summed E-state index contributed by atoms with van der Waals surface area (Å²) in [6.07, 6.45) is 0.643. The Balaban J connectivity index is 3.10. The quantitative estimate of drug-likeness (QED) is 0.554. The molecule has 0 saturated carbocycles. The second kappa shape index (κ2) is 6.99. The van der Waals surface area contributed by atoms with Gasteiger partial charge in [0.25, 0.3) is 0 Å². The molecule has 7 heteroatoms. The highest BCUT2D eigenvalue weighted by molar-refractivity contribution is 6.37. The third kappa shape index (κ3) is 3.62. The molecule has 0 atom stereocenters. The van der Waals surface area contributed by atoms with E-state index in [-0.39, 0.29) is 12.6 Å². The van der Waals surface area contributed by atoms with Crippen LogP contribution in [0, 0.1) is 0 Å². The summed E-state index contributed by atoms with van der Waals surface area (Å²) in [5, 5.41) is 9.76. The molecule has 0 unspecified atom stereocenters. The molecule has 1 heterocycles. The zero-order valence-electron chi connectivity index (χ0n) is 10.5. The molecular weight excluding hydrogens is 275 g/mol. The van der Waals surface area contributed by atoms with Crippen LogP contribution in [-0.2, 0) is 0 Å². The van der Waals surface area contributed by atoms with Gasteiger partial charge in [0.15, 0.2) is 5.82 Å².